The van der Waals surface area contributed by atoms with Gasteiger partial charge in [0.2, 0.25) is 5.91 Å². The first kappa shape index (κ1) is 18.6. The number of nitrogens with one attached hydrogen (secondary N) is 2. The van der Waals surface area contributed by atoms with E-state index in [9.17, 15) is 4.79 Å². The molecule has 0 aromatic heterocycles. The lowest BCUT2D eigenvalue weighted by molar-refractivity contribution is -0.120. The van der Waals surface area contributed by atoms with Crippen molar-refractivity contribution in [3.63, 3.8) is 0 Å². The summed E-state index contributed by atoms with van der Waals surface area (Å²) in [6.07, 6.45) is 2.58. The van der Waals surface area contributed by atoms with E-state index in [1.54, 1.807) is 14.2 Å². The minimum atomic E-state index is -0.0694. The van der Waals surface area contributed by atoms with Gasteiger partial charge >= 0.3 is 0 Å². The lowest BCUT2D eigenvalue weighted by atomic mass is 10.1. The largest absolute Gasteiger partial charge is 0.493 e. The van der Waals surface area contributed by atoms with Gasteiger partial charge in [-0.1, -0.05) is 6.07 Å². The van der Waals surface area contributed by atoms with E-state index in [1.165, 1.54) is 12.8 Å². The zero-order valence-electron chi connectivity index (χ0n) is 13.3. The summed E-state index contributed by atoms with van der Waals surface area (Å²) in [5.41, 5.74) is 0.989. The molecule has 1 fully saturated rings. The van der Waals surface area contributed by atoms with Crippen molar-refractivity contribution in [2.24, 2.45) is 5.92 Å². The fourth-order valence-electron chi connectivity index (χ4n) is 2.21. The number of rotatable bonds is 8. The molecule has 2 N–H and O–H groups in total. The summed E-state index contributed by atoms with van der Waals surface area (Å²) >= 11 is 0. The van der Waals surface area contributed by atoms with Crippen molar-refractivity contribution in [3.05, 3.63) is 23.8 Å². The fourth-order valence-corrected chi connectivity index (χ4v) is 2.21. The lowest BCUT2D eigenvalue weighted by Crippen LogP contribution is -2.36. The van der Waals surface area contributed by atoms with Crippen molar-refractivity contribution < 1.29 is 14.3 Å². The average molecular weight is 329 g/mol. The summed E-state index contributed by atoms with van der Waals surface area (Å²) in [5, 5.41) is 6.17. The Kier molecular flexibility index (Phi) is 7.48. The molecule has 1 aliphatic carbocycles. The van der Waals surface area contributed by atoms with Gasteiger partial charge in [0.1, 0.15) is 0 Å². The maximum atomic E-state index is 11.9. The Morgan fingerprint density at radius 2 is 1.95 bits per heavy atom. The van der Waals surface area contributed by atoms with Crippen LogP contribution in [0.2, 0.25) is 0 Å². The number of hydrogen-bond acceptors (Lipinski definition) is 4. The van der Waals surface area contributed by atoms with Gasteiger partial charge in [0.05, 0.1) is 26.8 Å². The van der Waals surface area contributed by atoms with E-state index in [0.717, 1.165) is 18.0 Å². The van der Waals surface area contributed by atoms with E-state index in [-0.39, 0.29) is 24.4 Å². The van der Waals surface area contributed by atoms with E-state index in [1.807, 2.05) is 25.1 Å². The summed E-state index contributed by atoms with van der Waals surface area (Å²) < 4.78 is 10.5. The van der Waals surface area contributed by atoms with Crippen LogP contribution in [0.3, 0.4) is 0 Å². The molecule has 124 valence electrons. The summed E-state index contributed by atoms with van der Waals surface area (Å²) in [5.74, 6) is 2.15. The quantitative estimate of drug-likeness (QED) is 0.769. The smallest absolute Gasteiger partial charge is 0.234 e. The zero-order chi connectivity index (χ0) is 15.2. The van der Waals surface area contributed by atoms with Gasteiger partial charge in [0, 0.05) is 0 Å². The molecule has 2 rings (SSSR count). The van der Waals surface area contributed by atoms with Gasteiger partial charge in [-0.05, 0) is 49.9 Å². The van der Waals surface area contributed by atoms with Crippen LogP contribution < -0.4 is 20.1 Å². The molecule has 1 aromatic rings. The zero-order valence-corrected chi connectivity index (χ0v) is 14.2. The number of amides is 1. The Hall–Kier alpha value is -1.46. The molecular weight excluding hydrogens is 304 g/mol. The number of methoxy groups -OCH3 is 2. The number of carbonyl (C=O) groups excluding carboxylic acids is 1. The third kappa shape index (κ3) is 5.39. The molecule has 22 heavy (non-hydrogen) atoms. The van der Waals surface area contributed by atoms with E-state index in [0.29, 0.717) is 18.0 Å². The topological polar surface area (TPSA) is 59.6 Å². The molecule has 0 heterocycles. The predicted molar refractivity (Wildman–Crippen MR) is 88.9 cm³/mol. The first-order valence-electron chi connectivity index (χ1n) is 7.36. The highest BCUT2D eigenvalue weighted by atomic mass is 35.5. The number of hydrogen-bond donors (Lipinski definition) is 2. The molecule has 1 atom stereocenters. The molecule has 6 heteroatoms. The summed E-state index contributed by atoms with van der Waals surface area (Å²) in [4.78, 5) is 11.9. The fraction of sp³-hybridized carbons (Fsp3) is 0.562. The van der Waals surface area contributed by atoms with Gasteiger partial charge in [0.25, 0.3) is 0 Å². The van der Waals surface area contributed by atoms with Crippen molar-refractivity contribution in [3.8, 4) is 11.5 Å². The minimum absolute atomic E-state index is 0. The van der Waals surface area contributed by atoms with Gasteiger partial charge in [-0.25, -0.2) is 0 Å². The van der Waals surface area contributed by atoms with Crippen molar-refractivity contribution in [1.82, 2.24) is 10.6 Å². The van der Waals surface area contributed by atoms with Crippen LogP contribution in [-0.2, 0) is 4.79 Å². The second kappa shape index (κ2) is 8.86. The van der Waals surface area contributed by atoms with Crippen LogP contribution in [0.25, 0.3) is 0 Å². The number of halogens is 1. The predicted octanol–water partition coefficient (Wildman–Crippen LogP) is 2.30. The van der Waals surface area contributed by atoms with Crippen LogP contribution in [0.5, 0.6) is 11.5 Å². The third-order valence-corrected chi connectivity index (χ3v) is 3.70. The Labute approximate surface area is 138 Å². The van der Waals surface area contributed by atoms with E-state index < -0.39 is 0 Å². The normalized spacial score (nSPS) is 14.7. The van der Waals surface area contributed by atoms with Crippen LogP contribution in [0.4, 0.5) is 0 Å². The Morgan fingerprint density at radius 3 is 2.55 bits per heavy atom. The highest BCUT2D eigenvalue weighted by molar-refractivity contribution is 5.85. The van der Waals surface area contributed by atoms with Crippen LogP contribution >= 0.6 is 12.4 Å². The van der Waals surface area contributed by atoms with Crippen LogP contribution in [0, 0.1) is 5.92 Å². The molecule has 0 saturated heterocycles. The van der Waals surface area contributed by atoms with Gasteiger partial charge in [0.15, 0.2) is 11.5 Å². The van der Waals surface area contributed by atoms with E-state index in [4.69, 9.17) is 9.47 Å². The number of ether oxygens (including phenoxy) is 2. The van der Waals surface area contributed by atoms with Crippen LogP contribution in [-0.4, -0.2) is 33.2 Å². The highest BCUT2D eigenvalue weighted by Gasteiger charge is 2.20. The highest BCUT2D eigenvalue weighted by Crippen LogP contribution is 2.30. The maximum Gasteiger partial charge on any atom is 0.234 e. The van der Waals surface area contributed by atoms with Gasteiger partial charge in [-0.15, -0.1) is 12.4 Å². The Balaban J connectivity index is 0.00000242. The first-order chi connectivity index (χ1) is 10.1. The first-order valence-corrected chi connectivity index (χ1v) is 7.36. The molecule has 0 spiro atoms. The molecule has 1 aromatic carbocycles. The van der Waals surface area contributed by atoms with Crippen molar-refractivity contribution in [2.75, 3.05) is 27.3 Å². The Morgan fingerprint density at radius 1 is 1.27 bits per heavy atom. The molecule has 0 bridgehead atoms. The van der Waals surface area contributed by atoms with Crippen molar-refractivity contribution in [1.29, 1.82) is 0 Å². The molecule has 1 amide bonds. The molecule has 1 aliphatic rings. The molecule has 1 unspecified atom stereocenters. The van der Waals surface area contributed by atoms with Crippen molar-refractivity contribution >= 4 is 18.3 Å². The summed E-state index contributed by atoms with van der Waals surface area (Å²) in [6, 6.07) is 5.60. The SMILES string of the molecule is COc1ccc(C(C)NC(=O)CNCC2CC2)cc1OC.Cl. The van der Waals surface area contributed by atoms with Gasteiger partial charge < -0.3 is 20.1 Å². The molecule has 0 aliphatic heterocycles. The summed E-state index contributed by atoms with van der Waals surface area (Å²) in [7, 11) is 3.21. The second-order valence-electron chi connectivity index (χ2n) is 5.48. The number of carbonyl (C=O) groups is 1. The maximum absolute atomic E-state index is 11.9. The van der Waals surface area contributed by atoms with Crippen LogP contribution in [0.1, 0.15) is 31.4 Å². The van der Waals surface area contributed by atoms with Gasteiger partial charge in [-0.3, -0.25) is 4.79 Å². The van der Waals surface area contributed by atoms with Crippen LogP contribution in [0.15, 0.2) is 18.2 Å². The van der Waals surface area contributed by atoms with E-state index >= 15 is 0 Å². The number of benzene rings is 1. The monoisotopic (exact) mass is 328 g/mol. The van der Waals surface area contributed by atoms with Gasteiger partial charge in [-0.2, -0.15) is 0 Å². The standard InChI is InChI=1S/C16H24N2O3.ClH/c1-11(18-16(19)10-17-9-12-4-5-12)13-6-7-14(20-2)15(8-13)21-3;/h6-8,11-12,17H,4-5,9-10H2,1-3H3,(H,18,19);1H. The average Bonchev–Trinajstić information content (AvgIpc) is 3.30. The lowest BCUT2D eigenvalue weighted by Gasteiger charge is -2.16. The third-order valence-electron chi connectivity index (χ3n) is 3.70. The molecule has 1 saturated carbocycles. The Bertz CT molecular complexity index is 492. The second-order valence-corrected chi connectivity index (χ2v) is 5.48. The minimum Gasteiger partial charge on any atom is -0.493 e. The molecule has 5 nitrogen and oxygen atoms in total. The summed E-state index contributed by atoms with van der Waals surface area (Å²) in [6.45, 7) is 3.27. The van der Waals surface area contributed by atoms with Crippen molar-refractivity contribution in [2.45, 2.75) is 25.8 Å². The molecular formula is C16H25ClN2O3. The van der Waals surface area contributed by atoms with E-state index in [2.05, 4.69) is 10.6 Å². The molecule has 0 radical (unpaired) electrons.